The lowest BCUT2D eigenvalue weighted by Gasteiger charge is -2.32. The Morgan fingerprint density at radius 3 is 2.57 bits per heavy atom. The Bertz CT molecular complexity index is 1150. The maximum atomic E-state index is 13.0. The SMILES string of the molecule is CCc1cccc(OCC(O)C[N+]2=C(NCCc3ccccc3)N=C3C2C(=O)N(C)C(=O)N3C)c1. The summed E-state index contributed by atoms with van der Waals surface area (Å²) in [6.07, 6.45) is 0.765. The van der Waals surface area contributed by atoms with Gasteiger partial charge in [-0.2, -0.15) is 0 Å². The molecular formula is C26H32N5O4+. The van der Waals surface area contributed by atoms with Crippen molar-refractivity contribution in [3.63, 3.8) is 0 Å². The molecular weight excluding hydrogens is 446 g/mol. The van der Waals surface area contributed by atoms with E-state index in [1.165, 1.54) is 17.5 Å². The van der Waals surface area contributed by atoms with E-state index in [0.29, 0.717) is 24.1 Å². The first kappa shape index (κ1) is 24.4. The predicted molar refractivity (Wildman–Crippen MR) is 133 cm³/mol. The first-order valence-corrected chi connectivity index (χ1v) is 11.8. The molecule has 0 aliphatic carbocycles. The molecule has 9 nitrogen and oxygen atoms in total. The second kappa shape index (κ2) is 10.7. The minimum Gasteiger partial charge on any atom is -0.491 e. The number of aryl methyl sites for hydroxylation is 1. The van der Waals surface area contributed by atoms with Crippen molar-refractivity contribution in [2.24, 2.45) is 4.99 Å². The van der Waals surface area contributed by atoms with Crippen molar-refractivity contribution in [3.05, 3.63) is 65.7 Å². The number of urea groups is 1. The van der Waals surface area contributed by atoms with E-state index in [2.05, 4.69) is 17.2 Å². The van der Waals surface area contributed by atoms with Crippen LogP contribution in [0.2, 0.25) is 0 Å². The number of hydrogen-bond acceptors (Lipinski definition) is 6. The Balaban J connectivity index is 1.50. The minimum absolute atomic E-state index is 0.0574. The van der Waals surface area contributed by atoms with Crippen molar-refractivity contribution in [2.75, 3.05) is 33.8 Å². The van der Waals surface area contributed by atoms with Crippen molar-refractivity contribution in [2.45, 2.75) is 31.9 Å². The standard InChI is InChI=1S/C26H31N5O4/c1-4-18-11-8-12-21(15-18)35-17-20(32)16-31-22-23(29(2)26(34)30(3)24(22)33)28-25(31)27-14-13-19-9-6-5-7-10-19/h5-12,15,20,22,32H,4,13-14,16-17H2,1-3H3/p+1. The average Bonchev–Trinajstić information content (AvgIpc) is 3.23. The van der Waals surface area contributed by atoms with Gasteiger partial charge in [0, 0.05) is 20.5 Å². The molecule has 4 rings (SSSR count). The fourth-order valence-electron chi connectivity index (χ4n) is 4.22. The zero-order chi connectivity index (χ0) is 24.9. The van der Waals surface area contributed by atoms with Gasteiger partial charge in [0.25, 0.3) is 5.91 Å². The number of guanidine groups is 1. The normalized spacial score (nSPS) is 18.5. The molecule has 2 N–H and O–H groups in total. The number of likely N-dealkylation sites (N-methyl/N-ethyl adjacent to an activating group) is 2. The topological polar surface area (TPSA) is 97.5 Å². The molecule has 3 amide bonds. The molecule has 0 saturated carbocycles. The van der Waals surface area contributed by atoms with E-state index in [0.717, 1.165) is 23.3 Å². The highest BCUT2D eigenvalue weighted by molar-refractivity contribution is 6.22. The van der Waals surface area contributed by atoms with Crippen molar-refractivity contribution in [1.82, 2.24) is 15.1 Å². The number of β-amino-alcohol motifs (C(OH)–C–C–N with tert-alkyl or cyclic N) is 1. The van der Waals surface area contributed by atoms with Gasteiger partial charge in [0.15, 0.2) is 0 Å². The number of hydrogen-bond donors (Lipinski definition) is 2. The van der Waals surface area contributed by atoms with Gasteiger partial charge in [0.1, 0.15) is 18.5 Å². The van der Waals surface area contributed by atoms with Gasteiger partial charge in [-0.25, -0.2) is 9.37 Å². The van der Waals surface area contributed by atoms with Crippen LogP contribution in [0.1, 0.15) is 18.1 Å². The van der Waals surface area contributed by atoms with Gasteiger partial charge in [-0.1, -0.05) is 54.4 Å². The van der Waals surface area contributed by atoms with Crippen LogP contribution in [0.4, 0.5) is 4.79 Å². The van der Waals surface area contributed by atoms with E-state index in [1.54, 1.807) is 11.6 Å². The van der Waals surface area contributed by atoms with E-state index in [4.69, 9.17) is 4.74 Å². The summed E-state index contributed by atoms with van der Waals surface area (Å²) in [6, 6.07) is 16.6. The highest BCUT2D eigenvalue weighted by Gasteiger charge is 2.51. The molecule has 1 saturated heterocycles. The summed E-state index contributed by atoms with van der Waals surface area (Å²) in [5.74, 6) is 1.11. The van der Waals surface area contributed by atoms with Crippen molar-refractivity contribution in [1.29, 1.82) is 0 Å². The number of nitrogens with zero attached hydrogens (tertiary/aromatic N) is 4. The van der Waals surface area contributed by atoms with Gasteiger partial charge in [-0.3, -0.25) is 19.9 Å². The van der Waals surface area contributed by atoms with Crippen LogP contribution in [0.3, 0.4) is 0 Å². The molecule has 2 unspecified atom stereocenters. The van der Waals surface area contributed by atoms with Gasteiger partial charge in [-0.05, 0) is 29.7 Å². The number of nitrogens with one attached hydrogen (secondary N) is 1. The third-order valence-corrected chi connectivity index (χ3v) is 6.23. The summed E-state index contributed by atoms with van der Waals surface area (Å²) in [6.45, 7) is 2.82. The van der Waals surface area contributed by atoms with Crippen LogP contribution >= 0.6 is 0 Å². The number of carbonyl (C=O) groups is 2. The number of aliphatic imine (C=N–C) groups is 1. The number of imide groups is 1. The number of aliphatic hydroxyl groups is 1. The number of fused-ring (bicyclic) bond motifs is 1. The lowest BCUT2D eigenvalue weighted by molar-refractivity contribution is -0.545. The zero-order valence-corrected chi connectivity index (χ0v) is 20.3. The molecule has 0 radical (unpaired) electrons. The first-order chi connectivity index (χ1) is 16.9. The van der Waals surface area contributed by atoms with Crippen LogP contribution in [-0.2, 0) is 17.6 Å². The molecule has 9 heteroatoms. The Morgan fingerprint density at radius 1 is 1.09 bits per heavy atom. The number of aliphatic hydroxyl groups excluding tert-OH is 1. The Hall–Kier alpha value is -3.72. The summed E-state index contributed by atoms with van der Waals surface area (Å²) in [5, 5.41) is 14.1. The smallest absolute Gasteiger partial charge is 0.390 e. The van der Waals surface area contributed by atoms with Gasteiger partial charge in [0.2, 0.25) is 11.9 Å². The second-order valence-electron chi connectivity index (χ2n) is 8.72. The molecule has 0 bridgehead atoms. The van der Waals surface area contributed by atoms with Crippen molar-refractivity contribution < 1.29 is 24.0 Å². The largest absolute Gasteiger partial charge is 0.491 e. The quantitative estimate of drug-likeness (QED) is 0.533. The fourth-order valence-corrected chi connectivity index (χ4v) is 4.22. The maximum Gasteiger partial charge on any atom is 0.390 e. The average molecular weight is 479 g/mol. The van der Waals surface area contributed by atoms with E-state index in [1.807, 2.05) is 54.6 Å². The highest BCUT2D eigenvalue weighted by atomic mass is 16.5. The van der Waals surface area contributed by atoms with Crippen molar-refractivity contribution >= 4 is 23.7 Å². The predicted octanol–water partition coefficient (Wildman–Crippen LogP) is 1.49. The Morgan fingerprint density at radius 2 is 1.83 bits per heavy atom. The Labute approximate surface area is 205 Å². The summed E-state index contributed by atoms with van der Waals surface area (Å²) in [5.41, 5.74) is 2.32. The lowest BCUT2D eigenvalue weighted by Crippen LogP contribution is -2.62. The summed E-state index contributed by atoms with van der Waals surface area (Å²) < 4.78 is 7.53. The summed E-state index contributed by atoms with van der Waals surface area (Å²) in [7, 11) is 3.06. The fraction of sp³-hybridized carbons (Fsp3) is 0.385. The first-order valence-electron chi connectivity index (χ1n) is 11.8. The highest BCUT2D eigenvalue weighted by Crippen LogP contribution is 2.19. The van der Waals surface area contributed by atoms with Crippen LogP contribution in [0.5, 0.6) is 5.75 Å². The molecule has 35 heavy (non-hydrogen) atoms. The molecule has 2 aromatic carbocycles. The van der Waals surface area contributed by atoms with Crippen LogP contribution in [-0.4, -0.2) is 89.2 Å². The maximum absolute atomic E-state index is 13.0. The number of benzene rings is 2. The van der Waals surface area contributed by atoms with Crippen LogP contribution in [0.15, 0.2) is 59.6 Å². The zero-order valence-electron chi connectivity index (χ0n) is 20.3. The number of rotatable bonds is 9. The van der Waals surface area contributed by atoms with Crippen LogP contribution in [0.25, 0.3) is 0 Å². The van der Waals surface area contributed by atoms with E-state index >= 15 is 0 Å². The Kier molecular flexibility index (Phi) is 7.45. The van der Waals surface area contributed by atoms with E-state index < -0.39 is 18.2 Å². The second-order valence-corrected chi connectivity index (χ2v) is 8.72. The van der Waals surface area contributed by atoms with Gasteiger partial charge in [-0.15, -0.1) is 0 Å². The van der Waals surface area contributed by atoms with E-state index in [9.17, 15) is 14.7 Å². The molecule has 1 fully saturated rings. The molecule has 2 aliphatic heterocycles. The summed E-state index contributed by atoms with van der Waals surface area (Å²) >= 11 is 0. The van der Waals surface area contributed by atoms with Gasteiger partial charge in [0.05, 0.1) is 13.1 Å². The molecule has 0 spiro atoms. The number of ether oxygens (including phenoxy) is 1. The number of carbonyl (C=O) groups excluding carboxylic acids is 2. The summed E-state index contributed by atoms with van der Waals surface area (Å²) in [4.78, 5) is 32.6. The van der Waals surface area contributed by atoms with Gasteiger partial charge >= 0.3 is 12.0 Å². The van der Waals surface area contributed by atoms with E-state index in [-0.39, 0.29) is 19.1 Å². The molecule has 184 valence electrons. The molecule has 2 atom stereocenters. The third-order valence-electron chi connectivity index (χ3n) is 6.23. The van der Waals surface area contributed by atoms with Crippen LogP contribution < -0.4 is 10.1 Å². The minimum atomic E-state index is -0.887. The van der Waals surface area contributed by atoms with Crippen molar-refractivity contribution in [3.8, 4) is 5.75 Å². The van der Waals surface area contributed by atoms with Gasteiger partial charge < -0.3 is 9.84 Å². The lowest BCUT2D eigenvalue weighted by atomic mass is 10.1. The third kappa shape index (κ3) is 5.35. The number of amidine groups is 1. The molecule has 2 aliphatic rings. The van der Waals surface area contributed by atoms with Crippen LogP contribution in [0, 0.1) is 0 Å². The number of amides is 3. The molecule has 0 aromatic heterocycles. The monoisotopic (exact) mass is 478 g/mol. The molecule has 2 heterocycles. The molecule has 2 aromatic rings.